The lowest BCUT2D eigenvalue weighted by atomic mass is 9.81. The second-order valence-electron chi connectivity index (χ2n) is 12.2. The minimum atomic E-state index is -0.371. The predicted octanol–water partition coefficient (Wildman–Crippen LogP) is 5.71. The first-order valence-electron chi connectivity index (χ1n) is 14.5. The summed E-state index contributed by atoms with van der Waals surface area (Å²) in [6.45, 7) is 8.08. The van der Waals surface area contributed by atoms with Crippen molar-refractivity contribution in [2.45, 2.75) is 82.9 Å². The average Bonchev–Trinajstić information content (AvgIpc) is 3.11. The summed E-state index contributed by atoms with van der Waals surface area (Å²) in [7, 11) is 0. The van der Waals surface area contributed by atoms with E-state index in [0.717, 1.165) is 50.3 Å². The van der Waals surface area contributed by atoms with Crippen molar-refractivity contribution in [1.82, 2.24) is 14.8 Å². The van der Waals surface area contributed by atoms with Gasteiger partial charge in [-0.2, -0.15) is 0 Å². The molecule has 0 spiro atoms. The first-order valence-corrected chi connectivity index (χ1v) is 14.5. The van der Waals surface area contributed by atoms with E-state index >= 15 is 0 Å². The summed E-state index contributed by atoms with van der Waals surface area (Å²) in [6.07, 6.45) is 7.73. The standard InChI is InChI=1S/C32H41N3O3/c1-32(2,21-34-16-14-24(36)15-17-34)33-31(37)23-12-13-25-27(20-23)35-18-19-38-28-11-7-6-10-26(28)30(35)29(25)22-8-4-3-5-9-22/h6-7,10-13,20,22,24,36H,3-5,8-9,14-19,21H2,1-2H3,(H,33,37). The van der Waals surface area contributed by atoms with Crippen molar-refractivity contribution in [2.75, 3.05) is 26.2 Å². The predicted molar refractivity (Wildman–Crippen MR) is 152 cm³/mol. The molecule has 1 amide bonds. The molecule has 2 aliphatic heterocycles. The molecule has 1 aromatic heterocycles. The Labute approximate surface area is 226 Å². The lowest BCUT2D eigenvalue weighted by molar-refractivity contribution is 0.0658. The molecule has 38 heavy (non-hydrogen) atoms. The van der Waals surface area contributed by atoms with E-state index in [0.29, 0.717) is 18.1 Å². The highest BCUT2D eigenvalue weighted by atomic mass is 16.5. The zero-order valence-electron chi connectivity index (χ0n) is 22.8. The fourth-order valence-corrected chi connectivity index (χ4v) is 6.94. The molecule has 0 bridgehead atoms. The van der Waals surface area contributed by atoms with E-state index in [9.17, 15) is 9.90 Å². The Bertz CT molecular complexity index is 1310. The van der Waals surface area contributed by atoms with Gasteiger partial charge in [0.25, 0.3) is 5.91 Å². The van der Waals surface area contributed by atoms with Crippen LogP contribution in [0.3, 0.4) is 0 Å². The molecule has 2 fully saturated rings. The molecule has 1 saturated heterocycles. The zero-order chi connectivity index (χ0) is 26.3. The topological polar surface area (TPSA) is 66.7 Å². The second kappa shape index (κ2) is 10.4. The van der Waals surface area contributed by atoms with Crippen molar-refractivity contribution in [1.29, 1.82) is 0 Å². The van der Waals surface area contributed by atoms with Gasteiger partial charge in [-0.1, -0.05) is 37.5 Å². The smallest absolute Gasteiger partial charge is 0.251 e. The number of aliphatic hydroxyl groups is 1. The summed E-state index contributed by atoms with van der Waals surface area (Å²) in [6, 6.07) is 14.7. The molecule has 0 radical (unpaired) electrons. The fourth-order valence-electron chi connectivity index (χ4n) is 6.94. The lowest BCUT2D eigenvalue weighted by Crippen LogP contribution is -2.53. The highest BCUT2D eigenvalue weighted by molar-refractivity contribution is 6.01. The number of aromatic nitrogens is 1. The maximum absolute atomic E-state index is 13.5. The summed E-state index contributed by atoms with van der Waals surface area (Å²) in [5.41, 5.74) is 5.36. The van der Waals surface area contributed by atoms with Gasteiger partial charge in [-0.05, 0) is 75.3 Å². The van der Waals surface area contributed by atoms with Crippen molar-refractivity contribution >= 4 is 16.8 Å². The number of amides is 1. The van der Waals surface area contributed by atoms with Crippen molar-refractivity contribution in [3.8, 4) is 17.0 Å². The van der Waals surface area contributed by atoms with Gasteiger partial charge >= 0.3 is 0 Å². The number of ether oxygens (including phenoxy) is 1. The van der Waals surface area contributed by atoms with Gasteiger partial charge in [0, 0.05) is 47.2 Å². The van der Waals surface area contributed by atoms with Crippen LogP contribution in [0.25, 0.3) is 22.2 Å². The van der Waals surface area contributed by atoms with Gasteiger partial charge < -0.3 is 24.6 Å². The summed E-state index contributed by atoms with van der Waals surface area (Å²) in [5.74, 6) is 1.46. The van der Waals surface area contributed by atoms with E-state index in [1.165, 1.54) is 54.3 Å². The van der Waals surface area contributed by atoms with Gasteiger partial charge in [0.2, 0.25) is 0 Å². The van der Waals surface area contributed by atoms with Gasteiger partial charge in [-0.15, -0.1) is 0 Å². The third kappa shape index (κ3) is 4.96. The van der Waals surface area contributed by atoms with Crippen LogP contribution in [-0.2, 0) is 6.54 Å². The molecule has 3 heterocycles. The Morgan fingerprint density at radius 1 is 1.03 bits per heavy atom. The van der Waals surface area contributed by atoms with Crippen LogP contribution < -0.4 is 10.1 Å². The molecular weight excluding hydrogens is 474 g/mol. The second-order valence-corrected chi connectivity index (χ2v) is 12.2. The summed E-state index contributed by atoms with van der Waals surface area (Å²) in [5, 5.41) is 14.4. The van der Waals surface area contributed by atoms with Crippen LogP contribution in [0, 0.1) is 0 Å². The fraction of sp³-hybridized carbons (Fsp3) is 0.531. The van der Waals surface area contributed by atoms with Gasteiger partial charge in [0.05, 0.1) is 18.3 Å². The molecule has 1 aliphatic carbocycles. The normalized spacial score (nSPS) is 19.4. The van der Waals surface area contributed by atoms with E-state index < -0.39 is 0 Å². The summed E-state index contributed by atoms with van der Waals surface area (Å²) < 4.78 is 8.59. The zero-order valence-corrected chi connectivity index (χ0v) is 22.8. The number of hydrogen-bond donors (Lipinski definition) is 2. The van der Waals surface area contributed by atoms with Crippen LogP contribution in [0.2, 0.25) is 0 Å². The molecule has 0 atom stereocenters. The highest BCUT2D eigenvalue weighted by Gasteiger charge is 2.31. The SMILES string of the molecule is CC(C)(CN1CCC(O)CC1)NC(=O)c1ccc2c(C3CCCCC3)c3n(c2c1)CCOc1ccccc1-3. The third-order valence-corrected chi connectivity index (χ3v) is 8.72. The van der Waals surface area contributed by atoms with Crippen molar-refractivity contribution in [2.24, 2.45) is 0 Å². The number of hydrogen-bond acceptors (Lipinski definition) is 4. The third-order valence-electron chi connectivity index (χ3n) is 8.72. The number of benzene rings is 2. The highest BCUT2D eigenvalue weighted by Crippen LogP contribution is 2.47. The van der Waals surface area contributed by atoms with Gasteiger partial charge in [0.1, 0.15) is 12.4 Å². The van der Waals surface area contributed by atoms with Crippen LogP contribution in [0.5, 0.6) is 5.75 Å². The number of carbonyl (C=O) groups is 1. The molecule has 6 heteroatoms. The maximum atomic E-state index is 13.5. The molecule has 0 unspecified atom stereocenters. The lowest BCUT2D eigenvalue weighted by Gasteiger charge is -2.36. The van der Waals surface area contributed by atoms with Crippen LogP contribution in [-0.4, -0.2) is 58.4 Å². The molecular formula is C32H41N3O3. The number of carbonyl (C=O) groups excluding carboxylic acids is 1. The Hall–Kier alpha value is -2.83. The Kier molecular flexibility index (Phi) is 6.95. The monoisotopic (exact) mass is 515 g/mol. The molecule has 3 aliphatic rings. The Balaban J connectivity index is 1.35. The number of likely N-dealkylation sites (tertiary alicyclic amines) is 1. The molecule has 202 valence electrons. The van der Waals surface area contributed by atoms with Crippen molar-refractivity contribution < 1.29 is 14.6 Å². The molecule has 6 rings (SSSR count). The van der Waals surface area contributed by atoms with Crippen molar-refractivity contribution in [3.63, 3.8) is 0 Å². The van der Waals surface area contributed by atoms with Gasteiger partial charge in [-0.25, -0.2) is 0 Å². The molecule has 1 saturated carbocycles. The molecule has 6 nitrogen and oxygen atoms in total. The van der Waals surface area contributed by atoms with E-state index in [2.05, 4.69) is 59.0 Å². The van der Waals surface area contributed by atoms with E-state index in [4.69, 9.17) is 4.74 Å². The quantitative estimate of drug-likeness (QED) is 0.457. The molecule has 3 aromatic rings. The summed E-state index contributed by atoms with van der Waals surface area (Å²) >= 11 is 0. The summed E-state index contributed by atoms with van der Waals surface area (Å²) in [4.78, 5) is 15.9. The van der Waals surface area contributed by atoms with Crippen LogP contribution in [0.1, 0.15) is 80.6 Å². The number of piperidine rings is 1. The molecule has 2 aromatic carbocycles. The van der Waals surface area contributed by atoms with E-state index in [1.807, 2.05) is 12.1 Å². The van der Waals surface area contributed by atoms with Gasteiger partial charge in [0.15, 0.2) is 0 Å². The largest absolute Gasteiger partial charge is 0.491 e. The minimum Gasteiger partial charge on any atom is -0.491 e. The Morgan fingerprint density at radius 2 is 1.79 bits per heavy atom. The first kappa shape index (κ1) is 25.4. The van der Waals surface area contributed by atoms with E-state index in [1.54, 1.807) is 0 Å². The van der Waals surface area contributed by atoms with Crippen molar-refractivity contribution in [3.05, 3.63) is 53.6 Å². The Morgan fingerprint density at radius 3 is 2.58 bits per heavy atom. The minimum absolute atomic E-state index is 0.0333. The maximum Gasteiger partial charge on any atom is 0.251 e. The van der Waals surface area contributed by atoms with E-state index in [-0.39, 0.29) is 17.6 Å². The number of nitrogens with one attached hydrogen (secondary N) is 1. The number of fused-ring (bicyclic) bond motifs is 5. The molecule has 2 N–H and O–H groups in total. The number of para-hydroxylation sites is 1. The van der Waals surface area contributed by atoms with Gasteiger partial charge in [-0.3, -0.25) is 4.79 Å². The van der Waals surface area contributed by atoms with Crippen LogP contribution in [0.4, 0.5) is 0 Å². The first-order chi connectivity index (χ1) is 18.4. The van der Waals surface area contributed by atoms with Crippen LogP contribution in [0.15, 0.2) is 42.5 Å². The number of rotatable bonds is 5. The number of aliphatic hydroxyl groups excluding tert-OH is 1. The average molecular weight is 516 g/mol. The van der Waals surface area contributed by atoms with Crippen LogP contribution >= 0.6 is 0 Å². The number of nitrogens with zero attached hydrogens (tertiary/aromatic N) is 2.